The van der Waals surface area contributed by atoms with E-state index in [0.29, 0.717) is 15.7 Å². The first kappa shape index (κ1) is 14.3. The van der Waals surface area contributed by atoms with Gasteiger partial charge in [0.1, 0.15) is 5.75 Å². The van der Waals surface area contributed by atoms with Crippen LogP contribution in [0.5, 0.6) is 5.75 Å². The van der Waals surface area contributed by atoms with Crippen LogP contribution in [0.4, 0.5) is 11.4 Å². The van der Waals surface area contributed by atoms with Crippen LogP contribution in [0, 0.1) is 10.1 Å². The maximum absolute atomic E-state index is 10.7. The molecular weight excluding hydrogens is 303 g/mol. The Morgan fingerprint density at radius 2 is 1.80 bits per heavy atom. The summed E-state index contributed by atoms with van der Waals surface area (Å²) in [5.74, 6) is -0.104. The van der Waals surface area contributed by atoms with Gasteiger partial charge in [0.25, 0.3) is 5.69 Å². The number of phenols is 1. The van der Waals surface area contributed by atoms with Crippen molar-refractivity contribution in [3.63, 3.8) is 0 Å². The normalized spacial score (nSPS) is 10.9. The largest absolute Gasteiger partial charge is 0.507 e. The van der Waals surface area contributed by atoms with Crippen LogP contribution in [-0.2, 0) is 0 Å². The number of aliphatic imine (C=N–C) groups is 1. The Bertz CT molecular complexity index is 682. The van der Waals surface area contributed by atoms with Gasteiger partial charge in [-0.25, -0.2) is 0 Å². The van der Waals surface area contributed by atoms with Gasteiger partial charge in [0.2, 0.25) is 0 Å². The van der Waals surface area contributed by atoms with Gasteiger partial charge in [-0.3, -0.25) is 15.1 Å². The fourth-order valence-corrected chi connectivity index (χ4v) is 2.03. The number of hydrogen-bond acceptors (Lipinski definition) is 4. The molecule has 0 fully saturated rings. The molecule has 0 radical (unpaired) electrons. The fraction of sp³-hybridized carbons (Fsp3) is 0. The molecule has 0 saturated carbocycles. The van der Waals surface area contributed by atoms with E-state index in [0.717, 1.165) is 0 Å². The first-order chi connectivity index (χ1) is 9.45. The van der Waals surface area contributed by atoms with Crippen molar-refractivity contribution in [2.75, 3.05) is 0 Å². The van der Waals surface area contributed by atoms with Gasteiger partial charge in [-0.2, -0.15) is 0 Å². The quantitative estimate of drug-likeness (QED) is 0.520. The summed E-state index contributed by atoms with van der Waals surface area (Å²) in [5.41, 5.74) is 0.581. The molecule has 102 valence electrons. The van der Waals surface area contributed by atoms with Crippen LogP contribution in [0.25, 0.3) is 0 Å². The number of benzene rings is 2. The Kier molecular flexibility index (Phi) is 4.22. The third-order valence-corrected chi connectivity index (χ3v) is 2.86. The molecule has 0 spiro atoms. The van der Waals surface area contributed by atoms with E-state index in [1.54, 1.807) is 18.2 Å². The summed E-state index contributed by atoms with van der Waals surface area (Å²) in [4.78, 5) is 14.2. The van der Waals surface area contributed by atoms with E-state index in [1.807, 2.05) is 0 Å². The number of phenolic OH excluding ortho intramolecular Hbond substituents is 1. The number of nitro groups is 1. The minimum Gasteiger partial charge on any atom is -0.507 e. The molecule has 2 aromatic carbocycles. The number of nitrogens with zero attached hydrogens (tertiary/aromatic N) is 2. The molecule has 1 N–H and O–H groups in total. The van der Waals surface area contributed by atoms with Crippen molar-refractivity contribution < 1.29 is 10.0 Å². The molecular formula is C13H8Cl2N2O3. The van der Waals surface area contributed by atoms with Crippen molar-refractivity contribution in [3.05, 3.63) is 62.1 Å². The number of rotatable bonds is 3. The summed E-state index contributed by atoms with van der Waals surface area (Å²) >= 11 is 11.7. The summed E-state index contributed by atoms with van der Waals surface area (Å²) in [5, 5.41) is 21.2. The lowest BCUT2D eigenvalue weighted by Gasteiger charge is -2.00. The lowest BCUT2D eigenvalue weighted by atomic mass is 10.2. The zero-order valence-corrected chi connectivity index (χ0v) is 11.5. The second-order valence-corrected chi connectivity index (χ2v) is 4.76. The van der Waals surface area contributed by atoms with Gasteiger partial charge in [0.05, 0.1) is 10.6 Å². The standard InChI is InChI=1S/C13H8Cl2N2O3/c14-9-4-10(15)6-11(5-9)16-7-8-3-12(17(19)20)1-2-13(8)18/h1-7,18H/b16-7+. The van der Waals surface area contributed by atoms with Gasteiger partial charge in [-0.1, -0.05) is 23.2 Å². The molecule has 0 amide bonds. The molecule has 0 aliphatic rings. The van der Waals surface area contributed by atoms with E-state index in [9.17, 15) is 15.2 Å². The highest BCUT2D eigenvalue weighted by molar-refractivity contribution is 6.35. The van der Waals surface area contributed by atoms with E-state index in [1.165, 1.54) is 24.4 Å². The number of aromatic hydroxyl groups is 1. The molecule has 0 heterocycles. The second-order valence-electron chi connectivity index (χ2n) is 3.89. The fourth-order valence-electron chi connectivity index (χ4n) is 1.52. The highest BCUT2D eigenvalue weighted by Crippen LogP contribution is 2.26. The molecule has 0 aliphatic carbocycles. The summed E-state index contributed by atoms with van der Waals surface area (Å²) in [6, 6.07) is 8.40. The molecule has 0 saturated heterocycles. The van der Waals surface area contributed by atoms with Gasteiger partial charge in [0.15, 0.2) is 0 Å². The molecule has 0 atom stereocenters. The minimum atomic E-state index is -0.549. The topological polar surface area (TPSA) is 75.7 Å². The Hall–Kier alpha value is -2.11. The van der Waals surface area contributed by atoms with E-state index in [2.05, 4.69) is 4.99 Å². The van der Waals surface area contributed by atoms with Crippen molar-refractivity contribution in [2.45, 2.75) is 0 Å². The molecule has 2 aromatic rings. The van der Waals surface area contributed by atoms with E-state index < -0.39 is 4.92 Å². The van der Waals surface area contributed by atoms with Crippen molar-refractivity contribution in [1.82, 2.24) is 0 Å². The van der Waals surface area contributed by atoms with Crippen molar-refractivity contribution >= 4 is 40.8 Å². The first-order valence-corrected chi connectivity index (χ1v) is 6.19. The SMILES string of the molecule is O=[N+]([O-])c1ccc(O)c(/C=N/c2cc(Cl)cc(Cl)c2)c1. The minimum absolute atomic E-state index is 0.104. The molecule has 0 bridgehead atoms. The first-order valence-electron chi connectivity index (χ1n) is 5.43. The van der Waals surface area contributed by atoms with E-state index in [-0.39, 0.29) is 17.0 Å². The molecule has 0 aromatic heterocycles. The highest BCUT2D eigenvalue weighted by Gasteiger charge is 2.08. The van der Waals surface area contributed by atoms with Crippen LogP contribution in [-0.4, -0.2) is 16.2 Å². The van der Waals surface area contributed by atoms with E-state index >= 15 is 0 Å². The average Bonchev–Trinajstić information content (AvgIpc) is 2.36. The van der Waals surface area contributed by atoms with Crippen LogP contribution in [0.3, 0.4) is 0 Å². The number of nitro benzene ring substituents is 1. The maximum Gasteiger partial charge on any atom is 0.270 e. The number of hydrogen-bond donors (Lipinski definition) is 1. The average molecular weight is 311 g/mol. The van der Waals surface area contributed by atoms with Gasteiger partial charge in [0, 0.05) is 34.0 Å². The monoisotopic (exact) mass is 310 g/mol. The Morgan fingerprint density at radius 1 is 1.15 bits per heavy atom. The van der Waals surface area contributed by atoms with Crippen LogP contribution in [0.1, 0.15) is 5.56 Å². The molecule has 5 nitrogen and oxygen atoms in total. The van der Waals surface area contributed by atoms with Crippen LogP contribution in [0.2, 0.25) is 10.0 Å². The Labute approximate surface area is 124 Å². The maximum atomic E-state index is 10.7. The molecule has 20 heavy (non-hydrogen) atoms. The third-order valence-electron chi connectivity index (χ3n) is 2.42. The molecule has 2 rings (SSSR count). The zero-order valence-electron chi connectivity index (χ0n) is 9.96. The predicted molar refractivity (Wildman–Crippen MR) is 78.5 cm³/mol. The third kappa shape index (κ3) is 3.46. The summed E-state index contributed by atoms with van der Waals surface area (Å²) in [6.07, 6.45) is 1.31. The molecule has 0 unspecified atom stereocenters. The molecule has 7 heteroatoms. The van der Waals surface area contributed by atoms with Crippen LogP contribution >= 0.6 is 23.2 Å². The van der Waals surface area contributed by atoms with Gasteiger partial charge in [-0.05, 0) is 24.3 Å². The summed E-state index contributed by atoms with van der Waals surface area (Å²) in [7, 11) is 0. The predicted octanol–water partition coefficient (Wildman–Crippen LogP) is 4.36. The van der Waals surface area contributed by atoms with E-state index in [4.69, 9.17) is 23.2 Å². The second kappa shape index (κ2) is 5.90. The van der Waals surface area contributed by atoms with Gasteiger partial charge >= 0.3 is 0 Å². The number of halogens is 2. The lowest BCUT2D eigenvalue weighted by Crippen LogP contribution is -1.90. The van der Waals surface area contributed by atoms with Crippen molar-refractivity contribution in [1.29, 1.82) is 0 Å². The van der Waals surface area contributed by atoms with Gasteiger partial charge in [-0.15, -0.1) is 0 Å². The van der Waals surface area contributed by atoms with Crippen LogP contribution < -0.4 is 0 Å². The lowest BCUT2D eigenvalue weighted by molar-refractivity contribution is -0.384. The molecule has 0 aliphatic heterocycles. The highest BCUT2D eigenvalue weighted by atomic mass is 35.5. The zero-order chi connectivity index (χ0) is 14.7. The van der Waals surface area contributed by atoms with Gasteiger partial charge < -0.3 is 5.11 Å². The number of non-ortho nitro benzene ring substituents is 1. The Balaban J connectivity index is 2.35. The van der Waals surface area contributed by atoms with Crippen molar-refractivity contribution in [3.8, 4) is 5.75 Å². The summed E-state index contributed by atoms with van der Waals surface area (Å²) < 4.78 is 0. The van der Waals surface area contributed by atoms with Crippen LogP contribution in [0.15, 0.2) is 41.4 Å². The Morgan fingerprint density at radius 3 is 2.40 bits per heavy atom. The summed E-state index contributed by atoms with van der Waals surface area (Å²) in [6.45, 7) is 0. The van der Waals surface area contributed by atoms with Crippen molar-refractivity contribution in [2.24, 2.45) is 4.99 Å². The smallest absolute Gasteiger partial charge is 0.270 e.